The normalized spacial score (nSPS) is 18.4. The third kappa shape index (κ3) is 2.92. The van der Waals surface area contributed by atoms with Crippen LogP contribution in [0.15, 0.2) is 18.2 Å². The van der Waals surface area contributed by atoms with Crippen LogP contribution in [0.3, 0.4) is 0 Å². The van der Waals surface area contributed by atoms with Crippen LogP contribution in [-0.2, 0) is 6.54 Å². The highest BCUT2D eigenvalue weighted by Crippen LogP contribution is 2.31. The van der Waals surface area contributed by atoms with Crippen molar-refractivity contribution in [2.24, 2.45) is 0 Å². The molecule has 1 aromatic carbocycles. The maximum atomic E-state index is 6.33. The van der Waals surface area contributed by atoms with E-state index in [0.29, 0.717) is 11.1 Å². The Morgan fingerprint density at radius 3 is 2.71 bits per heavy atom. The summed E-state index contributed by atoms with van der Waals surface area (Å²) in [6.45, 7) is 5.11. The van der Waals surface area contributed by atoms with Crippen molar-refractivity contribution in [1.29, 1.82) is 0 Å². The van der Waals surface area contributed by atoms with Gasteiger partial charge < -0.3 is 4.57 Å². The van der Waals surface area contributed by atoms with Gasteiger partial charge in [-0.1, -0.05) is 17.7 Å². The summed E-state index contributed by atoms with van der Waals surface area (Å²) in [5.41, 5.74) is 1.92. The maximum absolute atomic E-state index is 6.33. The van der Waals surface area contributed by atoms with Crippen molar-refractivity contribution in [3.8, 4) is 0 Å². The highest BCUT2D eigenvalue weighted by atomic mass is 35.5. The molecular weight excluding hydrogens is 305 g/mol. The minimum Gasteiger partial charge on any atom is -0.325 e. The number of nitrogens with zero attached hydrogens (tertiary/aromatic N) is 3. The Labute approximate surface area is 135 Å². The zero-order valence-corrected chi connectivity index (χ0v) is 14.2. The van der Waals surface area contributed by atoms with Gasteiger partial charge in [0.05, 0.1) is 15.9 Å². The third-order valence-corrected chi connectivity index (χ3v) is 4.88. The lowest BCUT2D eigenvalue weighted by molar-refractivity contribution is 0.226. The zero-order valence-electron chi connectivity index (χ0n) is 12.7. The molecule has 0 amide bonds. The average molecular weight is 326 g/mol. The number of likely N-dealkylation sites (N-methyl/N-ethyl adjacent to an activating group) is 1. The molecule has 0 aliphatic heterocycles. The second-order valence-corrected chi connectivity index (χ2v) is 7.11. The Balaban J connectivity index is 1.99. The summed E-state index contributed by atoms with van der Waals surface area (Å²) >= 11 is 12.6. The van der Waals surface area contributed by atoms with Gasteiger partial charge in [0.15, 0.2) is 0 Å². The van der Waals surface area contributed by atoms with Crippen LogP contribution in [0.2, 0.25) is 5.02 Å². The molecule has 2 aromatic rings. The van der Waals surface area contributed by atoms with E-state index in [2.05, 4.69) is 34.5 Å². The molecule has 2 atom stereocenters. The van der Waals surface area contributed by atoms with Crippen molar-refractivity contribution in [2.75, 3.05) is 7.05 Å². The predicted molar refractivity (Wildman–Crippen MR) is 89.3 cm³/mol. The van der Waals surface area contributed by atoms with Crippen LogP contribution in [-0.4, -0.2) is 33.6 Å². The molecule has 0 radical (unpaired) electrons. The zero-order chi connectivity index (χ0) is 15.1. The number of rotatable bonds is 5. The number of hydrogen-bond donors (Lipinski definition) is 0. The molecule has 5 heteroatoms. The quantitative estimate of drug-likeness (QED) is 0.756. The van der Waals surface area contributed by atoms with Gasteiger partial charge in [-0.25, -0.2) is 4.98 Å². The standard InChI is InChI=1S/C16H21Cl2N3/c1-10(20(3)12-7-8-12)9-21-14-6-4-5-13(18)15(14)19-16(21)11(2)17/h4-6,10-12H,7-9H2,1-3H3. The number of para-hydroxylation sites is 1. The molecule has 1 aliphatic carbocycles. The van der Waals surface area contributed by atoms with Crippen molar-refractivity contribution in [3.63, 3.8) is 0 Å². The number of imidazole rings is 1. The fourth-order valence-electron chi connectivity index (χ4n) is 2.86. The topological polar surface area (TPSA) is 21.1 Å². The average Bonchev–Trinajstić information content (AvgIpc) is 3.21. The minimum atomic E-state index is -0.133. The molecule has 3 nitrogen and oxygen atoms in total. The van der Waals surface area contributed by atoms with Gasteiger partial charge >= 0.3 is 0 Å². The predicted octanol–water partition coefficient (Wildman–Crippen LogP) is 4.47. The Bertz CT molecular complexity index is 646. The summed E-state index contributed by atoms with van der Waals surface area (Å²) in [5.74, 6) is 0.899. The summed E-state index contributed by atoms with van der Waals surface area (Å²) in [7, 11) is 2.21. The molecule has 0 bridgehead atoms. The van der Waals surface area contributed by atoms with Crippen molar-refractivity contribution in [3.05, 3.63) is 29.0 Å². The van der Waals surface area contributed by atoms with Gasteiger partial charge in [0, 0.05) is 18.6 Å². The van der Waals surface area contributed by atoms with Crippen molar-refractivity contribution >= 4 is 34.2 Å². The van der Waals surface area contributed by atoms with Crippen LogP contribution in [0, 0.1) is 0 Å². The molecule has 0 N–H and O–H groups in total. The Morgan fingerprint density at radius 2 is 2.10 bits per heavy atom. The lowest BCUT2D eigenvalue weighted by Crippen LogP contribution is -2.34. The Kier molecular flexibility index (Phi) is 4.17. The van der Waals surface area contributed by atoms with E-state index in [0.717, 1.165) is 29.4 Å². The van der Waals surface area contributed by atoms with E-state index in [9.17, 15) is 0 Å². The number of fused-ring (bicyclic) bond motifs is 1. The first-order valence-corrected chi connectivity index (χ1v) is 8.31. The highest BCUT2D eigenvalue weighted by Gasteiger charge is 2.30. The van der Waals surface area contributed by atoms with E-state index >= 15 is 0 Å². The second kappa shape index (κ2) is 5.79. The first kappa shape index (κ1) is 15.1. The Morgan fingerprint density at radius 1 is 1.38 bits per heavy atom. The van der Waals surface area contributed by atoms with Crippen LogP contribution in [0.25, 0.3) is 11.0 Å². The molecule has 0 saturated heterocycles. The monoisotopic (exact) mass is 325 g/mol. The van der Waals surface area contributed by atoms with Gasteiger partial charge in [0.1, 0.15) is 11.3 Å². The summed E-state index contributed by atoms with van der Waals surface area (Å²) in [6.07, 6.45) is 2.63. The van der Waals surface area contributed by atoms with Gasteiger partial charge in [-0.2, -0.15) is 0 Å². The maximum Gasteiger partial charge on any atom is 0.127 e. The number of hydrogen-bond acceptors (Lipinski definition) is 2. The number of halogens is 2. The van der Waals surface area contributed by atoms with E-state index in [-0.39, 0.29) is 5.38 Å². The summed E-state index contributed by atoms with van der Waals surface area (Å²) < 4.78 is 2.22. The van der Waals surface area contributed by atoms with Crippen LogP contribution in [0.1, 0.15) is 37.9 Å². The molecule has 2 unspecified atom stereocenters. The fraction of sp³-hybridized carbons (Fsp3) is 0.562. The molecule has 1 saturated carbocycles. The van der Waals surface area contributed by atoms with Crippen LogP contribution in [0.5, 0.6) is 0 Å². The molecule has 1 aromatic heterocycles. The van der Waals surface area contributed by atoms with E-state index in [1.54, 1.807) is 0 Å². The largest absolute Gasteiger partial charge is 0.325 e. The van der Waals surface area contributed by atoms with Crippen molar-refractivity contribution < 1.29 is 0 Å². The van der Waals surface area contributed by atoms with Crippen molar-refractivity contribution in [1.82, 2.24) is 14.5 Å². The van der Waals surface area contributed by atoms with Crippen LogP contribution in [0.4, 0.5) is 0 Å². The Hall–Kier alpha value is -0.770. The fourth-order valence-corrected chi connectivity index (χ4v) is 3.24. The van der Waals surface area contributed by atoms with Gasteiger partial charge in [-0.05, 0) is 45.9 Å². The SMILES string of the molecule is CC(Cl)c1nc2c(Cl)cccc2n1CC(C)N(C)C1CC1. The van der Waals surface area contributed by atoms with Gasteiger partial charge in [-0.15, -0.1) is 11.6 Å². The summed E-state index contributed by atoms with van der Waals surface area (Å²) in [4.78, 5) is 7.12. The molecule has 1 aliphatic rings. The number of alkyl halides is 1. The van der Waals surface area contributed by atoms with E-state index in [1.165, 1.54) is 12.8 Å². The molecular formula is C16H21Cl2N3. The first-order valence-electron chi connectivity index (χ1n) is 7.49. The lowest BCUT2D eigenvalue weighted by Gasteiger charge is -2.26. The smallest absolute Gasteiger partial charge is 0.127 e. The van der Waals surface area contributed by atoms with Crippen LogP contribution >= 0.6 is 23.2 Å². The summed E-state index contributed by atoms with van der Waals surface area (Å²) in [5, 5.41) is 0.555. The molecule has 0 spiro atoms. The second-order valence-electron chi connectivity index (χ2n) is 6.05. The molecule has 1 fully saturated rings. The van der Waals surface area contributed by atoms with E-state index in [1.807, 2.05) is 19.1 Å². The first-order chi connectivity index (χ1) is 9.99. The lowest BCUT2D eigenvalue weighted by atomic mass is 10.2. The molecule has 1 heterocycles. The summed E-state index contributed by atoms with van der Waals surface area (Å²) in [6, 6.07) is 7.11. The van der Waals surface area contributed by atoms with E-state index < -0.39 is 0 Å². The van der Waals surface area contributed by atoms with Crippen LogP contribution < -0.4 is 0 Å². The molecule has 21 heavy (non-hydrogen) atoms. The van der Waals surface area contributed by atoms with E-state index in [4.69, 9.17) is 23.2 Å². The minimum absolute atomic E-state index is 0.133. The van der Waals surface area contributed by atoms with Gasteiger partial charge in [0.2, 0.25) is 0 Å². The highest BCUT2D eigenvalue weighted by molar-refractivity contribution is 6.35. The molecule has 114 valence electrons. The van der Waals surface area contributed by atoms with Gasteiger partial charge in [0.25, 0.3) is 0 Å². The van der Waals surface area contributed by atoms with Crippen molar-refractivity contribution in [2.45, 2.75) is 50.7 Å². The molecule has 3 rings (SSSR count). The third-order valence-electron chi connectivity index (χ3n) is 4.38. The van der Waals surface area contributed by atoms with Gasteiger partial charge in [-0.3, -0.25) is 4.90 Å². The number of aromatic nitrogens is 2. The number of benzene rings is 1.